The van der Waals surface area contributed by atoms with Crippen molar-refractivity contribution in [1.82, 2.24) is 0 Å². The number of hydrogen-bond donors (Lipinski definition) is 1. The molecular formula is C18H20O2. The predicted octanol–water partition coefficient (Wildman–Crippen LogP) is 3.87. The highest BCUT2D eigenvalue weighted by atomic mass is 16.5. The molecule has 2 heteroatoms. The fourth-order valence-electron chi connectivity index (χ4n) is 2.81. The molecule has 0 aromatic heterocycles. The zero-order valence-electron chi connectivity index (χ0n) is 12.0. The molecule has 2 aromatic rings. The maximum Gasteiger partial charge on any atom is 0.125 e. The lowest BCUT2D eigenvalue weighted by Gasteiger charge is -2.35. The van der Waals surface area contributed by atoms with Crippen LogP contribution in [0.1, 0.15) is 43.1 Å². The summed E-state index contributed by atoms with van der Waals surface area (Å²) in [6.45, 7) is 4.02. The molecule has 2 aromatic carbocycles. The van der Waals surface area contributed by atoms with Gasteiger partial charge in [-0.25, -0.2) is 0 Å². The summed E-state index contributed by atoms with van der Waals surface area (Å²) in [4.78, 5) is 0. The van der Waals surface area contributed by atoms with Crippen molar-refractivity contribution in [2.45, 2.75) is 38.4 Å². The van der Waals surface area contributed by atoms with E-state index < -0.39 is 6.10 Å². The quantitative estimate of drug-likeness (QED) is 0.896. The highest BCUT2D eigenvalue weighted by molar-refractivity contribution is 5.42. The van der Waals surface area contributed by atoms with Crippen LogP contribution in [0.3, 0.4) is 0 Å². The Hall–Kier alpha value is -1.80. The fraction of sp³-hybridized carbons (Fsp3) is 0.333. The minimum atomic E-state index is -0.440. The lowest BCUT2D eigenvalue weighted by molar-refractivity contribution is 0.0115. The highest BCUT2D eigenvalue weighted by Gasteiger charge is 2.32. The molecule has 0 saturated heterocycles. The van der Waals surface area contributed by atoms with Gasteiger partial charge < -0.3 is 9.84 Å². The lowest BCUT2D eigenvalue weighted by Crippen LogP contribution is -2.34. The van der Waals surface area contributed by atoms with Crippen LogP contribution in [0.25, 0.3) is 0 Å². The predicted molar refractivity (Wildman–Crippen MR) is 80.0 cm³/mol. The molecule has 1 atom stereocenters. The molecule has 0 saturated carbocycles. The van der Waals surface area contributed by atoms with Crippen LogP contribution in [-0.2, 0) is 6.42 Å². The zero-order valence-corrected chi connectivity index (χ0v) is 12.0. The van der Waals surface area contributed by atoms with Crippen molar-refractivity contribution in [2.75, 3.05) is 0 Å². The van der Waals surface area contributed by atoms with E-state index >= 15 is 0 Å². The third-order valence-electron chi connectivity index (χ3n) is 3.76. The maximum absolute atomic E-state index is 10.3. The van der Waals surface area contributed by atoms with Crippen LogP contribution in [0.4, 0.5) is 0 Å². The van der Waals surface area contributed by atoms with Crippen LogP contribution in [0.2, 0.25) is 0 Å². The molecule has 104 valence electrons. The Labute approximate surface area is 120 Å². The number of benzene rings is 2. The lowest BCUT2D eigenvalue weighted by atomic mass is 9.90. The van der Waals surface area contributed by atoms with E-state index in [1.54, 1.807) is 0 Å². The summed E-state index contributed by atoms with van der Waals surface area (Å²) in [7, 11) is 0. The number of ether oxygens (including phenoxy) is 1. The highest BCUT2D eigenvalue weighted by Crippen LogP contribution is 2.39. The molecule has 1 heterocycles. The van der Waals surface area contributed by atoms with Crippen LogP contribution in [0.15, 0.2) is 48.5 Å². The number of aliphatic hydroxyl groups excluding tert-OH is 1. The Morgan fingerprint density at radius 3 is 2.60 bits per heavy atom. The number of hydrogen-bond acceptors (Lipinski definition) is 2. The average molecular weight is 268 g/mol. The summed E-state index contributed by atoms with van der Waals surface area (Å²) in [6.07, 6.45) is 1.07. The summed E-state index contributed by atoms with van der Waals surface area (Å²) < 4.78 is 5.93. The van der Waals surface area contributed by atoms with Gasteiger partial charge in [-0.1, -0.05) is 36.4 Å². The van der Waals surface area contributed by atoms with Crippen LogP contribution in [0, 0.1) is 0 Å². The summed E-state index contributed by atoms with van der Waals surface area (Å²) in [6, 6.07) is 16.5. The van der Waals surface area contributed by atoms with Gasteiger partial charge in [0.25, 0.3) is 0 Å². The van der Waals surface area contributed by atoms with Gasteiger partial charge in [0.15, 0.2) is 0 Å². The fourth-order valence-corrected chi connectivity index (χ4v) is 2.81. The Morgan fingerprint density at radius 2 is 1.85 bits per heavy atom. The first kappa shape index (κ1) is 13.2. The first-order valence-corrected chi connectivity index (χ1v) is 7.07. The SMILES string of the molecule is CC1(C)CC(O)c2cc(Cc3ccccc3)ccc2O1. The summed E-state index contributed by atoms with van der Waals surface area (Å²) >= 11 is 0. The first-order valence-electron chi connectivity index (χ1n) is 7.07. The number of rotatable bonds is 2. The van der Waals surface area contributed by atoms with Gasteiger partial charge in [-0.05, 0) is 43.5 Å². The van der Waals surface area contributed by atoms with Gasteiger partial charge in [-0.2, -0.15) is 0 Å². The van der Waals surface area contributed by atoms with Crippen molar-refractivity contribution in [3.8, 4) is 5.75 Å². The van der Waals surface area contributed by atoms with E-state index in [2.05, 4.69) is 24.3 Å². The third kappa shape index (κ3) is 2.70. The zero-order chi connectivity index (χ0) is 14.2. The van der Waals surface area contributed by atoms with Gasteiger partial charge in [-0.3, -0.25) is 0 Å². The van der Waals surface area contributed by atoms with Gasteiger partial charge >= 0.3 is 0 Å². The molecule has 3 rings (SSSR count). The van der Waals surface area contributed by atoms with Crippen LogP contribution in [0.5, 0.6) is 5.75 Å². The largest absolute Gasteiger partial charge is 0.487 e. The van der Waals surface area contributed by atoms with Crippen molar-refractivity contribution in [1.29, 1.82) is 0 Å². The van der Waals surface area contributed by atoms with E-state index in [4.69, 9.17) is 4.74 Å². The average Bonchev–Trinajstić information content (AvgIpc) is 2.40. The van der Waals surface area contributed by atoms with E-state index in [-0.39, 0.29) is 5.60 Å². The van der Waals surface area contributed by atoms with E-state index in [1.165, 1.54) is 11.1 Å². The molecule has 1 N–H and O–H groups in total. The van der Waals surface area contributed by atoms with Crippen molar-refractivity contribution < 1.29 is 9.84 Å². The van der Waals surface area contributed by atoms with Gasteiger partial charge in [0, 0.05) is 12.0 Å². The Morgan fingerprint density at radius 1 is 1.10 bits per heavy atom. The first-order chi connectivity index (χ1) is 9.53. The summed E-state index contributed by atoms with van der Waals surface area (Å²) in [5.41, 5.74) is 3.10. The molecule has 0 fully saturated rings. The molecule has 20 heavy (non-hydrogen) atoms. The molecule has 0 bridgehead atoms. The number of fused-ring (bicyclic) bond motifs is 1. The molecule has 1 aliphatic heterocycles. The van der Waals surface area contributed by atoms with E-state index in [0.29, 0.717) is 6.42 Å². The summed E-state index contributed by atoms with van der Waals surface area (Å²) in [5.74, 6) is 0.811. The van der Waals surface area contributed by atoms with E-state index in [9.17, 15) is 5.11 Å². The second-order valence-electron chi connectivity index (χ2n) is 6.12. The van der Waals surface area contributed by atoms with Crippen LogP contribution in [-0.4, -0.2) is 10.7 Å². The topological polar surface area (TPSA) is 29.5 Å². The van der Waals surface area contributed by atoms with E-state index in [1.807, 2.05) is 38.1 Å². The van der Waals surface area contributed by atoms with E-state index in [0.717, 1.165) is 17.7 Å². The molecular weight excluding hydrogens is 248 g/mol. The van der Waals surface area contributed by atoms with Crippen LogP contribution < -0.4 is 4.74 Å². The monoisotopic (exact) mass is 268 g/mol. The van der Waals surface area contributed by atoms with Gasteiger partial charge in [0.2, 0.25) is 0 Å². The molecule has 1 aliphatic rings. The molecule has 0 radical (unpaired) electrons. The van der Waals surface area contributed by atoms with Crippen molar-refractivity contribution in [3.63, 3.8) is 0 Å². The Kier molecular flexibility index (Phi) is 3.27. The molecule has 0 aliphatic carbocycles. The van der Waals surface area contributed by atoms with Crippen molar-refractivity contribution in [2.24, 2.45) is 0 Å². The van der Waals surface area contributed by atoms with Gasteiger partial charge in [0.05, 0.1) is 6.10 Å². The van der Waals surface area contributed by atoms with Crippen molar-refractivity contribution >= 4 is 0 Å². The molecule has 1 unspecified atom stereocenters. The smallest absolute Gasteiger partial charge is 0.125 e. The third-order valence-corrected chi connectivity index (χ3v) is 3.76. The minimum Gasteiger partial charge on any atom is -0.487 e. The molecule has 0 amide bonds. The van der Waals surface area contributed by atoms with Crippen LogP contribution >= 0.6 is 0 Å². The second-order valence-corrected chi connectivity index (χ2v) is 6.12. The number of aliphatic hydroxyl groups is 1. The normalized spacial score (nSPS) is 20.1. The van der Waals surface area contributed by atoms with Crippen molar-refractivity contribution in [3.05, 3.63) is 65.2 Å². The molecule has 0 spiro atoms. The summed E-state index contributed by atoms with van der Waals surface area (Å²) in [5, 5.41) is 10.3. The van der Waals surface area contributed by atoms with Gasteiger partial charge in [-0.15, -0.1) is 0 Å². The Bertz CT molecular complexity index is 602. The molecule has 2 nitrogen and oxygen atoms in total. The maximum atomic E-state index is 10.3. The van der Waals surface area contributed by atoms with Gasteiger partial charge in [0.1, 0.15) is 11.4 Å². The minimum absolute atomic E-state index is 0.298. The standard InChI is InChI=1S/C18H20O2/c1-18(2)12-16(19)15-11-14(8-9-17(15)20-18)10-13-6-4-3-5-7-13/h3-9,11,16,19H,10,12H2,1-2H3. The second kappa shape index (κ2) is 4.95. The Balaban J connectivity index is 1.88.